The van der Waals surface area contributed by atoms with E-state index in [0.717, 1.165) is 17.5 Å². The zero-order chi connectivity index (χ0) is 19.4. The molecule has 140 valence electrons. The summed E-state index contributed by atoms with van der Waals surface area (Å²) in [5.74, 6) is 0.759. The van der Waals surface area contributed by atoms with Crippen LogP contribution >= 0.6 is 0 Å². The minimum absolute atomic E-state index is 0.0738. The third kappa shape index (κ3) is 3.98. The van der Waals surface area contributed by atoms with Gasteiger partial charge in [-0.25, -0.2) is 0 Å². The quantitative estimate of drug-likeness (QED) is 0.513. The molecule has 0 amide bonds. The maximum absolute atomic E-state index is 11.2. The van der Waals surface area contributed by atoms with Crippen LogP contribution in [-0.4, -0.2) is 10.0 Å². The summed E-state index contributed by atoms with van der Waals surface area (Å²) < 4.78 is 5.67. The Morgan fingerprint density at radius 1 is 1.15 bits per heavy atom. The zero-order valence-electron chi connectivity index (χ0n) is 16.1. The van der Waals surface area contributed by atoms with Crippen molar-refractivity contribution in [2.75, 3.05) is 0 Å². The first-order valence-corrected chi connectivity index (χ1v) is 8.96. The monoisotopic (exact) mass is 357 g/mol. The number of phenolic OH excluding ortho intramolecular Hbond substituents is 1. The van der Waals surface area contributed by atoms with Gasteiger partial charge in [0.15, 0.2) is 5.75 Å². The average Bonchev–Trinajstić information content (AvgIpc) is 2.57. The van der Waals surface area contributed by atoms with Crippen LogP contribution < -0.4 is 4.74 Å². The highest BCUT2D eigenvalue weighted by atomic mass is 16.6. The van der Waals surface area contributed by atoms with Crippen LogP contribution in [0.4, 0.5) is 5.69 Å². The Morgan fingerprint density at radius 3 is 2.42 bits per heavy atom. The largest absolute Gasteiger partial charge is 0.502 e. The van der Waals surface area contributed by atoms with Crippen LogP contribution in [0.1, 0.15) is 55.4 Å². The fourth-order valence-corrected chi connectivity index (χ4v) is 3.47. The maximum Gasteiger partial charge on any atom is 0.352 e. The molecule has 0 heterocycles. The summed E-state index contributed by atoms with van der Waals surface area (Å²) in [6, 6.07) is 8.50. The van der Waals surface area contributed by atoms with Crippen molar-refractivity contribution in [3.05, 3.63) is 62.7 Å². The lowest BCUT2D eigenvalue weighted by Gasteiger charge is -2.24. The van der Waals surface area contributed by atoms with E-state index in [1.54, 1.807) is 0 Å². The molecular formula is C21H27NO4. The van der Waals surface area contributed by atoms with Crippen LogP contribution in [0.5, 0.6) is 11.5 Å². The SMILES string of the molecule is CCC(c1ccc(COc2cccc(O)c2[N+](=O)[O-])c(C)c1C)C(C)C. The molecule has 0 spiro atoms. The van der Waals surface area contributed by atoms with E-state index in [0.29, 0.717) is 11.8 Å². The van der Waals surface area contributed by atoms with Gasteiger partial charge in [0.05, 0.1) is 4.92 Å². The molecule has 1 atom stereocenters. The molecule has 2 aromatic rings. The standard InChI is InChI=1S/C21H27NO4/c1-6-17(13(2)3)18-11-10-16(14(4)15(18)5)12-26-20-9-7-8-19(23)21(20)22(24)25/h7-11,13,17,23H,6,12H2,1-5H3. The second-order valence-corrected chi connectivity index (χ2v) is 6.99. The molecule has 0 aliphatic heterocycles. The van der Waals surface area contributed by atoms with Gasteiger partial charge in [-0.05, 0) is 66.5 Å². The number of benzene rings is 2. The van der Waals surface area contributed by atoms with Gasteiger partial charge in [0, 0.05) is 0 Å². The van der Waals surface area contributed by atoms with Gasteiger partial charge in [-0.2, -0.15) is 0 Å². The minimum Gasteiger partial charge on any atom is -0.502 e. The Kier molecular flexibility index (Phi) is 6.24. The fourth-order valence-electron chi connectivity index (χ4n) is 3.47. The first-order valence-electron chi connectivity index (χ1n) is 8.96. The van der Waals surface area contributed by atoms with Crippen molar-refractivity contribution in [1.82, 2.24) is 0 Å². The molecule has 0 radical (unpaired) electrons. The Labute approximate surface area is 154 Å². The molecule has 0 aliphatic rings. The van der Waals surface area contributed by atoms with Crippen LogP contribution in [0.15, 0.2) is 30.3 Å². The van der Waals surface area contributed by atoms with E-state index < -0.39 is 16.4 Å². The Morgan fingerprint density at radius 2 is 1.85 bits per heavy atom. The minimum atomic E-state index is -0.625. The lowest BCUT2D eigenvalue weighted by Crippen LogP contribution is -2.10. The van der Waals surface area contributed by atoms with E-state index in [-0.39, 0.29) is 12.4 Å². The highest BCUT2D eigenvalue weighted by Crippen LogP contribution is 2.37. The van der Waals surface area contributed by atoms with Crippen LogP contribution in [-0.2, 0) is 6.61 Å². The highest BCUT2D eigenvalue weighted by Gasteiger charge is 2.22. The van der Waals surface area contributed by atoms with Crippen molar-refractivity contribution in [2.24, 2.45) is 5.92 Å². The van der Waals surface area contributed by atoms with E-state index in [1.165, 1.54) is 29.3 Å². The van der Waals surface area contributed by atoms with Gasteiger partial charge < -0.3 is 9.84 Å². The van der Waals surface area contributed by atoms with Gasteiger partial charge in [-0.1, -0.05) is 39.0 Å². The summed E-state index contributed by atoms with van der Waals surface area (Å²) in [4.78, 5) is 10.5. The molecule has 2 rings (SSSR count). The van der Waals surface area contributed by atoms with E-state index in [2.05, 4.69) is 40.7 Å². The third-order valence-electron chi connectivity index (χ3n) is 5.13. The number of nitro groups is 1. The number of rotatable bonds is 7. The maximum atomic E-state index is 11.2. The molecule has 0 aliphatic carbocycles. The summed E-state index contributed by atoms with van der Waals surface area (Å²) in [6.07, 6.45) is 1.09. The Balaban J connectivity index is 2.29. The topological polar surface area (TPSA) is 72.6 Å². The van der Waals surface area contributed by atoms with Gasteiger partial charge in [0.2, 0.25) is 5.75 Å². The van der Waals surface area contributed by atoms with Gasteiger partial charge >= 0.3 is 5.69 Å². The molecule has 1 unspecified atom stereocenters. The lowest BCUT2D eigenvalue weighted by molar-refractivity contribution is -0.386. The molecule has 2 aromatic carbocycles. The number of nitro benzene ring substituents is 1. The molecule has 0 saturated heterocycles. The summed E-state index contributed by atoms with van der Waals surface area (Å²) in [5, 5.41) is 20.9. The number of hydrogen-bond acceptors (Lipinski definition) is 4. The van der Waals surface area contributed by atoms with Crippen molar-refractivity contribution in [2.45, 2.75) is 53.6 Å². The summed E-state index contributed by atoms with van der Waals surface area (Å²) >= 11 is 0. The molecule has 0 fully saturated rings. The molecule has 1 N–H and O–H groups in total. The molecule has 5 nitrogen and oxygen atoms in total. The Bertz CT molecular complexity index is 799. The van der Waals surface area contributed by atoms with Crippen LogP contribution in [0.25, 0.3) is 0 Å². The normalized spacial score (nSPS) is 12.2. The van der Waals surface area contributed by atoms with E-state index >= 15 is 0 Å². The third-order valence-corrected chi connectivity index (χ3v) is 5.13. The lowest BCUT2D eigenvalue weighted by atomic mass is 9.82. The van der Waals surface area contributed by atoms with Gasteiger partial charge in [-0.3, -0.25) is 10.1 Å². The molecule has 0 bridgehead atoms. The highest BCUT2D eigenvalue weighted by molar-refractivity contribution is 5.56. The van der Waals surface area contributed by atoms with E-state index in [9.17, 15) is 15.2 Å². The zero-order valence-corrected chi connectivity index (χ0v) is 16.1. The Hall–Kier alpha value is -2.56. The first-order chi connectivity index (χ1) is 12.3. The fraction of sp³-hybridized carbons (Fsp3) is 0.429. The second-order valence-electron chi connectivity index (χ2n) is 6.99. The molecule has 26 heavy (non-hydrogen) atoms. The predicted molar refractivity (Wildman–Crippen MR) is 103 cm³/mol. The average molecular weight is 357 g/mol. The molecule has 5 heteroatoms. The number of para-hydroxylation sites is 1. The van der Waals surface area contributed by atoms with Gasteiger partial charge in [0.25, 0.3) is 0 Å². The molecule has 0 aromatic heterocycles. The first kappa shape index (κ1) is 19.8. The second kappa shape index (κ2) is 8.21. The van der Waals surface area contributed by atoms with Crippen LogP contribution in [0.2, 0.25) is 0 Å². The number of hydrogen-bond donors (Lipinski definition) is 1. The van der Waals surface area contributed by atoms with Crippen molar-refractivity contribution < 1.29 is 14.8 Å². The van der Waals surface area contributed by atoms with Crippen LogP contribution in [0.3, 0.4) is 0 Å². The van der Waals surface area contributed by atoms with Crippen molar-refractivity contribution >= 4 is 5.69 Å². The molecule has 0 saturated carbocycles. The van der Waals surface area contributed by atoms with Crippen LogP contribution in [0, 0.1) is 29.9 Å². The smallest absolute Gasteiger partial charge is 0.352 e. The number of nitrogens with zero attached hydrogens (tertiary/aromatic N) is 1. The predicted octanol–water partition coefficient (Wildman–Crippen LogP) is 5.65. The summed E-state index contributed by atoms with van der Waals surface area (Å²) in [6.45, 7) is 11.1. The molecular weight excluding hydrogens is 330 g/mol. The van der Waals surface area contributed by atoms with E-state index in [4.69, 9.17) is 4.74 Å². The summed E-state index contributed by atoms with van der Waals surface area (Å²) in [7, 11) is 0. The number of ether oxygens (including phenoxy) is 1. The van der Waals surface area contributed by atoms with Gasteiger partial charge in [-0.15, -0.1) is 0 Å². The summed E-state index contributed by atoms with van der Waals surface area (Å²) in [5.41, 5.74) is 4.33. The van der Waals surface area contributed by atoms with Crippen molar-refractivity contribution in [1.29, 1.82) is 0 Å². The van der Waals surface area contributed by atoms with Crippen molar-refractivity contribution in [3.8, 4) is 11.5 Å². The van der Waals surface area contributed by atoms with Gasteiger partial charge in [0.1, 0.15) is 6.61 Å². The van der Waals surface area contributed by atoms with E-state index in [1.807, 2.05) is 6.07 Å². The van der Waals surface area contributed by atoms with Crippen molar-refractivity contribution in [3.63, 3.8) is 0 Å². The number of phenols is 1. The number of aromatic hydroxyl groups is 1.